The van der Waals surface area contributed by atoms with Gasteiger partial charge in [-0.05, 0) is 61.4 Å². The van der Waals surface area contributed by atoms with Crippen LogP contribution >= 0.6 is 35.6 Å². The number of likely N-dealkylation sites (N-methyl/N-ethyl adjacent to an activating group) is 1. The van der Waals surface area contributed by atoms with Crippen LogP contribution in [0.2, 0.25) is 5.02 Å². The Hall–Kier alpha value is -2.02. The Bertz CT molecular complexity index is 930. The molecule has 0 N–H and O–H groups in total. The number of thioether (sulfide) groups is 1. The molecule has 0 unspecified atom stereocenters. The molecule has 0 aromatic heterocycles. The average molecular weight is 434 g/mol. The first-order valence-corrected chi connectivity index (χ1v) is 10.5. The molecule has 4 nitrogen and oxygen atoms in total. The molecule has 28 heavy (non-hydrogen) atoms. The predicted octanol–water partition coefficient (Wildman–Crippen LogP) is 5.33. The van der Waals surface area contributed by atoms with Gasteiger partial charge in [-0.1, -0.05) is 47.7 Å². The van der Waals surface area contributed by atoms with Gasteiger partial charge >= 0.3 is 0 Å². The van der Waals surface area contributed by atoms with E-state index in [4.69, 9.17) is 33.3 Å². The minimum atomic E-state index is -0.0459. The van der Waals surface area contributed by atoms with E-state index in [0.29, 0.717) is 29.0 Å². The summed E-state index contributed by atoms with van der Waals surface area (Å²) in [7, 11) is 0. The lowest BCUT2D eigenvalue weighted by Crippen LogP contribution is -2.27. The summed E-state index contributed by atoms with van der Waals surface area (Å²) in [6.07, 6.45) is 1.84. The number of benzene rings is 2. The van der Waals surface area contributed by atoms with Crippen molar-refractivity contribution in [3.8, 4) is 11.5 Å². The number of rotatable bonds is 7. The number of carbonyl (C=O) groups is 1. The van der Waals surface area contributed by atoms with Gasteiger partial charge in [0, 0.05) is 11.6 Å². The highest BCUT2D eigenvalue weighted by Crippen LogP contribution is 2.32. The largest absolute Gasteiger partial charge is 0.490 e. The van der Waals surface area contributed by atoms with Crippen molar-refractivity contribution in [1.29, 1.82) is 0 Å². The minimum absolute atomic E-state index is 0.0459. The van der Waals surface area contributed by atoms with Crippen molar-refractivity contribution in [3.05, 3.63) is 63.5 Å². The second kappa shape index (κ2) is 9.45. The first-order chi connectivity index (χ1) is 13.5. The summed E-state index contributed by atoms with van der Waals surface area (Å²) < 4.78 is 12.1. The lowest BCUT2D eigenvalue weighted by atomic mass is 10.2. The Kier molecular flexibility index (Phi) is 6.99. The summed E-state index contributed by atoms with van der Waals surface area (Å²) in [6, 6.07) is 13.1. The number of hydrogen-bond donors (Lipinski definition) is 0. The fourth-order valence-corrected chi connectivity index (χ4v) is 4.15. The summed E-state index contributed by atoms with van der Waals surface area (Å²) in [5.74, 6) is 1.43. The molecule has 7 heteroatoms. The maximum atomic E-state index is 12.3. The topological polar surface area (TPSA) is 38.8 Å². The molecule has 1 fully saturated rings. The molecule has 2 aromatic carbocycles. The van der Waals surface area contributed by atoms with E-state index in [1.165, 1.54) is 11.8 Å². The fraction of sp³-hybridized carbons (Fsp3) is 0.238. The first-order valence-electron chi connectivity index (χ1n) is 8.85. The van der Waals surface area contributed by atoms with E-state index in [-0.39, 0.29) is 5.91 Å². The monoisotopic (exact) mass is 433 g/mol. The Morgan fingerprint density at radius 3 is 2.50 bits per heavy atom. The number of ether oxygens (including phenoxy) is 2. The number of nitrogens with zero attached hydrogens (tertiary/aromatic N) is 1. The van der Waals surface area contributed by atoms with Crippen LogP contribution in [0, 0.1) is 6.92 Å². The van der Waals surface area contributed by atoms with Crippen molar-refractivity contribution < 1.29 is 14.3 Å². The zero-order chi connectivity index (χ0) is 20.1. The fourth-order valence-electron chi connectivity index (χ4n) is 2.64. The van der Waals surface area contributed by atoms with Crippen molar-refractivity contribution >= 4 is 51.9 Å². The van der Waals surface area contributed by atoms with Crippen molar-refractivity contribution in [1.82, 2.24) is 4.90 Å². The van der Waals surface area contributed by atoms with E-state index in [1.807, 2.05) is 62.4 Å². The number of thiocarbonyl (C=S) groups is 1. The van der Waals surface area contributed by atoms with Gasteiger partial charge in [0.15, 0.2) is 0 Å². The molecule has 0 spiro atoms. The van der Waals surface area contributed by atoms with Gasteiger partial charge in [-0.15, -0.1) is 0 Å². The van der Waals surface area contributed by atoms with Crippen molar-refractivity contribution in [2.75, 3.05) is 19.8 Å². The normalized spacial score (nSPS) is 15.4. The maximum Gasteiger partial charge on any atom is 0.266 e. The summed E-state index contributed by atoms with van der Waals surface area (Å²) in [4.78, 5) is 14.5. The Labute approximate surface area is 179 Å². The highest BCUT2D eigenvalue weighted by atomic mass is 35.5. The quantitative estimate of drug-likeness (QED) is 0.335. The standard InChI is InChI=1S/C21H20ClNO3S2/c1-3-23-20(24)19(28-21(23)27)13-15-5-4-6-16(12-15)25-9-10-26-17-7-8-18(22)14(2)11-17/h4-8,11-13H,3,9-10H2,1-2H3/b19-13-. The number of halogens is 1. The van der Waals surface area contributed by atoms with Gasteiger partial charge in [0.25, 0.3) is 5.91 Å². The molecule has 1 aliphatic rings. The molecule has 0 atom stereocenters. The highest BCUT2D eigenvalue weighted by molar-refractivity contribution is 8.26. The highest BCUT2D eigenvalue weighted by Gasteiger charge is 2.30. The van der Waals surface area contributed by atoms with Crippen molar-refractivity contribution in [2.45, 2.75) is 13.8 Å². The summed E-state index contributed by atoms with van der Waals surface area (Å²) in [5.41, 5.74) is 1.87. The smallest absolute Gasteiger partial charge is 0.266 e. The molecule has 1 heterocycles. The minimum Gasteiger partial charge on any atom is -0.490 e. The van der Waals surface area contributed by atoms with Crippen LogP contribution < -0.4 is 9.47 Å². The third-order valence-electron chi connectivity index (χ3n) is 4.10. The first kappa shape index (κ1) is 20.7. The zero-order valence-corrected chi connectivity index (χ0v) is 18.0. The third kappa shape index (κ3) is 5.07. The van der Waals surface area contributed by atoms with Gasteiger partial charge < -0.3 is 9.47 Å². The second-order valence-electron chi connectivity index (χ2n) is 6.11. The summed E-state index contributed by atoms with van der Waals surface area (Å²) in [6.45, 7) is 5.25. The molecular weight excluding hydrogens is 414 g/mol. The van der Waals surface area contributed by atoms with E-state index in [1.54, 1.807) is 4.90 Å². The van der Waals surface area contributed by atoms with Gasteiger partial charge in [-0.25, -0.2) is 0 Å². The van der Waals surface area contributed by atoms with Crippen LogP contribution in [0.1, 0.15) is 18.1 Å². The van der Waals surface area contributed by atoms with Gasteiger partial charge in [0.2, 0.25) is 0 Å². The number of amides is 1. The average Bonchev–Trinajstić information content (AvgIpc) is 2.94. The number of aryl methyl sites for hydroxylation is 1. The van der Waals surface area contributed by atoms with Crippen LogP contribution in [0.3, 0.4) is 0 Å². The van der Waals surface area contributed by atoms with Crippen LogP contribution in [-0.4, -0.2) is 34.9 Å². The van der Waals surface area contributed by atoms with Gasteiger partial charge in [-0.3, -0.25) is 9.69 Å². The van der Waals surface area contributed by atoms with E-state index in [2.05, 4.69) is 0 Å². The zero-order valence-electron chi connectivity index (χ0n) is 15.6. The van der Waals surface area contributed by atoms with Crippen LogP contribution in [-0.2, 0) is 4.79 Å². The maximum absolute atomic E-state index is 12.3. The Balaban J connectivity index is 1.56. The van der Waals surface area contributed by atoms with Crippen molar-refractivity contribution in [3.63, 3.8) is 0 Å². The lowest BCUT2D eigenvalue weighted by molar-refractivity contribution is -0.121. The molecule has 0 radical (unpaired) electrons. The number of hydrogen-bond acceptors (Lipinski definition) is 5. The molecular formula is C21H20ClNO3S2. The molecule has 146 valence electrons. The predicted molar refractivity (Wildman–Crippen MR) is 119 cm³/mol. The molecule has 0 bridgehead atoms. The lowest BCUT2D eigenvalue weighted by Gasteiger charge is -2.10. The number of carbonyl (C=O) groups excluding carboxylic acids is 1. The molecule has 3 rings (SSSR count). The third-order valence-corrected chi connectivity index (χ3v) is 5.90. The van der Waals surface area contributed by atoms with E-state index in [0.717, 1.165) is 27.6 Å². The van der Waals surface area contributed by atoms with Crippen LogP contribution in [0.5, 0.6) is 11.5 Å². The van der Waals surface area contributed by atoms with E-state index in [9.17, 15) is 4.79 Å². The van der Waals surface area contributed by atoms with Crippen LogP contribution in [0.15, 0.2) is 47.4 Å². The van der Waals surface area contributed by atoms with Crippen LogP contribution in [0.25, 0.3) is 6.08 Å². The van der Waals surface area contributed by atoms with E-state index < -0.39 is 0 Å². The molecule has 1 aliphatic heterocycles. The molecule has 0 saturated carbocycles. The summed E-state index contributed by atoms with van der Waals surface area (Å²) in [5, 5.41) is 0.719. The molecule has 2 aromatic rings. The second-order valence-corrected chi connectivity index (χ2v) is 8.19. The van der Waals surface area contributed by atoms with Crippen molar-refractivity contribution in [2.24, 2.45) is 0 Å². The van der Waals surface area contributed by atoms with Gasteiger partial charge in [-0.2, -0.15) is 0 Å². The molecule has 0 aliphatic carbocycles. The Morgan fingerprint density at radius 2 is 1.86 bits per heavy atom. The van der Waals surface area contributed by atoms with Crippen LogP contribution in [0.4, 0.5) is 0 Å². The van der Waals surface area contributed by atoms with Gasteiger partial charge in [0.05, 0.1) is 4.91 Å². The van der Waals surface area contributed by atoms with E-state index >= 15 is 0 Å². The Morgan fingerprint density at radius 1 is 1.14 bits per heavy atom. The SMILES string of the molecule is CCN1C(=O)/C(=C/c2cccc(OCCOc3ccc(Cl)c(C)c3)c2)SC1=S. The molecule has 1 amide bonds. The molecule has 1 saturated heterocycles. The van der Waals surface area contributed by atoms with Gasteiger partial charge in [0.1, 0.15) is 29.0 Å². The summed E-state index contributed by atoms with van der Waals surface area (Å²) >= 11 is 12.6.